The molecule has 16 heavy (non-hydrogen) atoms. The molecule has 0 amide bonds. The van der Waals surface area contributed by atoms with Crippen molar-refractivity contribution in [1.29, 1.82) is 0 Å². The maximum absolute atomic E-state index is 4.35. The van der Waals surface area contributed by atoms with Gasteiger partial charge in [0, 0.05) is 29.9 Å². The third kappa shape index (κ3) is 2.01. The molecule has 3 heteroatoms. The molecule has 0 spiro atoms. The van der Waals surface area contributed by atoms with Crippen molar-refractivity contribution in [2.45, 2.75) is 51.5 Å². The lowest BCUT2D eigenvalue weighted by atomic mass is 9.86. The maximum atomic E-state index is 4.35. The summed E-state index contributed by atoms with van der Waals surface area (Å²) in [6.45, 7) is 9.09. The fourth-order valence-corrected chi connectivity index (χ4v) is 2.72. The zero-order chi connectivity index (χ0) is 11.6. The summed E-state index contributed by atoms with van der Waals surface area (Å²) in [5.74, 6) is 0. The molecule has 1 aromatic heterocycles. The molecule has 1 fully saturated rings. The van der Waals surface area contributed by atoms with Crippen molar-refractivity contribution in [3.05, 3.63) is 18.2 Å². The van der Waals surface area contributed by atoms with Crippen LogP contribution in [0.15, 0.2) is 12.5 Å². The standard InChI is InChI=1S/C13H23N3/c1-4-5-11(2)16-10-15-8-12(16)13(3)6-7-14-9-13/h8,10-11,14H,4-7,9H2,1-3H3. The van der Waals surface area contributed by atoms with Crippen LogP contribution >= 0.6 is 0 Å². The molecule has 1 aromatic rings. The molecule has 2 unspecified atom stereocenters. The second-order valence-corrected chi connectivity index (χ2v) is 5.31. The van der Waals surface area contributed by atoms with E-state index < -0.39 is 0 Å². The Morgan fingerprint density at radius 2 is 2.44 bits per heavy atom. The first-order chi connectivity index (χ1) is 7.67. The topological polar surface area (TPSA) is 29.9 Å². The van der Waals surface area contributed by atoms with Crippen LogP contribution in [0, 0.1) is 0 Å². The minimum absolute atomic E-state index is 0.276. The van der Waals surface area contributed by atoms with E-state index in [2.05, 4.69) is 41.8 Å². The van der Waals surface area contributed by atoms with E-state index in [0.29, 0.717) is 6.04 Å². The summed E-state index contributed by atoms with van der Waals surface area (Å²) in [7, 11) is 0. The molecule has 1 aliphatic heterocycles. The average molecular weight is 221 g/mol. The fourth-order valence-electron chi connectivity index (χ4n) is 2.72. The summed E-state index contributed by atoms with van der Waals surface area (Å²) < 4.78 is 2.37. The van der Waals surface area contributed by atoms with Crippen molar-refractivity contribution in [2.24, 2.45) is 0 Å². The Bertz CT molecular complexity index is 337. The minimum atomic E-state index is 0.276. The molecule has 2 rings (SSSR count). The summed E-state index contributed by atoms with van der Waals surface area (Å²) in [5, 5.41) is 3.46. The van der Waals surface area contributed by atoms with E-state index in [1.165, 1.54) is 25.0 Å². The molecule has 1 saturated heterocycles. The van der Waals surface area contributed by atoms with Crippen LogP contribution in [-0.4, -0.2) is 22.6 Å². The number of rotatable bonds is 4. The lowest BCUT2D eigenvalue weighted by molar-refractivity contribution is 0.421. The second kappa shape index (κ2) is 4.58. The van der Waals surface area contributed by atoms with Crippen molar-refractivity contribution in [3.8, 4) is 0 Å². The van der Waals surface area contributed by atoms with Gasteiger partial charge in [-0.15, -0.1) is 0 Å². The van der Waals surface area contributed by atoms with Crippen LogP contribution in [-0.2, 0) is 5.41 Å². The van der Waals surface area contributed by atoms with E-state index in [1.807, 2.05) is 6.33 Å². The van der Waals surface area contributed by atoms with E-state index >= 15 is 0 Å². The normalized spacial score (nSPS) is 27.2. The van der Waals surface area contributed by atoms with Crippen LogP contribution in [0.25, 0.3) is 0 Å². The van der Waals surface area contributed by atoms with Gasteiger partial charge in [0.1, 0.15) is 0 Å². The van der Waals surface area contributed by atoms with Gasteiger partial charge in [0.25, 0.3) is 0 Å². The van der Waals surface area contributed by atoms with Crippen molar-refractivity contribution in [1.82, 2.24) is 14.9 Å². The Morgan fingerprint density at radius 1 is 1.62 bits per heavy atom. The smallest absolute Gasteiger partial charge is 0.0950 e. The zero-order valence-electron chi connectivity index (χ0n) is 10.7. The minimum Gasteiger partial charge on any atom is -0.331 e. The van der Waals surface area contributed by atoms with Crippen LogP contribution in [0.1, 0.15) is 51.8 Å². The van der Waals surface area contributed by atoms with Gasteiger partial charge in [-0.25, -0.2) is 4.98 Å². The first kappa shape index (κ1) is 11.6. The summed E-state index contributed by atoms with van der Waals surface area (Å²) in [5.41, 5.74) is 1.68. The molecule has 1 N–H and O–H groups in total. The summed E-state index contributed by atoms with van der Waals surface area (Å²) in [6.07, 6.45) is 7.73. The van der Waals surface area contributed by atoms with Gasteiger partial charge < -0.3 is 9.88 Å². The van der Waals surface area contributed by atoms with E-state index in [9.17, 15) is 0 Å². The Labute approximate surface area is 98.3 Å². The molecule has 3 nitrogen and oxygen atoms in total. The maximum Gasteiger partial charge on any atom is 0.0950 e. The molecule has 0 aromatic carbocycles. The number of aromatic nitrogens is 2. The third-order valence-electron chi connectivity index (χ3n) is 3.83. The van der Waals surface area contributed by atoms with Gasteiger partial charge in [-0.1, -0.05) is 20.3 Å². The van der Waals surface area contributed by atoms with Gasteiger partial charge in [0.05, 0.1) is 6.33 Å². The average Bonchev–Trinajstić information content (AvgIpc) is 2.86. The van der Waals surface area contributed by atoms with Crippen molar-refractivity contribution in [3.63, 3.8) is 0 Å². The predicted octanol–water partition coefficient (Wildman–Crippen LogP) is 2.50. The van der Waals surface area contributed by atoms with Crippen LogP contribution < -0.4 is 5.32 Å². The van der Waals surface area contributed by atoms with Gasteiger partial charge in [0.15, 0.2) is 0 Å². The van der Waals surface area contributed by atoms with Crippen molar-refractivity contribution in [2.75, 3.05) is 13.1 Å². The highest BCUT2D eigenvalue weighted by Crippen LogP contribution is 2.32. The SMILES string of the molecule is CCCC(C)n1cncc1C1(C)CCNC1. The molecule has 1 aliphatic rings. The van der Waals surface area contributed by atoms with Gasteiger partial charge in [-0.05, 0) is 26.3 Å². The van der Waals surface area contributed by atoms with Crippen LogP contribution in [0.5, 0.6) is 0 Å². The molecule has 0 saturated carbocycles. The zero-order valence-corrected chi connectivity index (χ0v) is 10.7. The van der Waals surface area contributed by atoms with Gasteiger partial charge in [0.2, 0.25) is 0 Å². The van der Waals surface area contributed by atoms with Gasteiger partial charge >= 0.3 is 0 Å². The van der Waals surface area contributed by atoms with E-state index in [-0.39, 0.29) is 5.41 Å². The summed E-state index contributed by atoms with van der Waals surface area (Å²) in [4.78, 5) is 4.35. The van der Waals surface area contributed by atoms with Gasteiger partial charge in [-0.2, -0.15) is 0 Å². The van der Waals surface area contributed by atoms with Crippen LogP contribution in [0.3, 0.4) is 0 Å². The van der Waals surface area contributed by atoms with Gasteiger partial charge in [-0.3, -0.25) is 0 Å². The number of imidazole rings is 1. The summed E-state index contributed by atoms with van der Waals surface area (Å²) in [6, 6.07) is 0.569. The van der Waals surface area contributed by atoms with Crippen LogP contribution in [0.4, 0.5) is 0 Å². The Hall–Kier alpha value is -0.830. The Morgan fingerprint density at radius 3 is 3.06 bits per heavy atom. The molecular weight excluding hydrogens is 198 g/mol. The molecule has 2 atom stereocenters. The molecule has 0 radical (unpaired) electrons. The van der Waals surface area contributed by atoms with Crippen molar-refractivity contribution < 1.29 is 0 Å². The predicted molar refractivity (Wildman–Crippen MR) is 66.7 cm³/mol. The molecule has 2 heterocycles. The first-order valence-electron chi connectivity index (χ1n) is 6.40. The van der Waals surface area contributed by atoms with Crippen LogP contribution in [0.2, 0.25) is 0 Å². The lowest BCUT2D eigenvalue weighted by Crippen LogP contribution is -2.28. The quantitative estimate of drug-likeness (QED) is 0.846. The highest BCUT2D eigenvalue weighted by molar-refractivity contribution is 5.17. The van der Waals surface area contributed by atoms with E-state index in [4.69, 9.17) is 0 Å². The highest BCUT2D eigenvalue weighted by Gasteiger charge is 2.33. The highest BCUT2D eigenvalue weighted by atomic mass is 15.1. The lowest BCUT2D eigenvalue weighted by Gasteiger charge is -2.27. The Kier molecular flexibility index (Phi) is 3.33. The largest absolute Gasteiger partial charge is 0.331 e. The molecule has 0 bridgehead atoms. The number of nitrogens with zero attached hydrogens (tertiary/aromatic N) is 2. The van der Waals surface area contributed by atoms with E-state index in [0.717, 1.165) is 13.1 Å². The molecule has 0 aliphatic carbocycles. The first-order valence-corrected chi connectivity index (χ1v) is 6.40. The number of hydrogen-bond acceptors (Lipinski definition) is 2. The Balaban J connectivity index is 2.24. The second-order valence-electron chi connectivity index (χ2n) is 5.31. The number of nitrogens with one attached hydrogen (secondary N) is 1. The van der Waals surface area contributed by atoms with Crippen molar-refractivity contribution >= 4 is 0 Å². The molecular formula is C13H23N3. The monoisotopic (exact) mass is 221 g/mol. The summed E-state index contributed by atoms with van der Waals surface area (Å²) >= 11 is 0. The van der Waals surface area contributed by atoms with E-state index in [1.54, 1.807) is 0 Å². The third-order valence-corrected chi connectivity index (χ3v) is 3.83. The molecule has 90 valence electrons. The fraction of sp³-hybridized carbons (Fsp3) is 0.769. The number of hydrogen-bond donors (Lipinski definition) is 1.